The molecule has 0 atom stereocenters. The summed E-state index contributed by atoms with van der Waals surface area (Å²) in [6, 6.07) is 18.8. The molecule has 0 aliphatic heterocycles. The van der Waals surface area contributed by atoms with Gasteiger partial charge in [0.2, 0.25) is 0 Å². The smallest absolute Gasteiger partial charge is 0.263 e. The van der Waals surface area contributed by atoms with Crippen molar-refractivity contribution in [3.63, 3.8) is 0 Å². The molecule has 29 heavy (non-hydrogen) atoms. The molecule has 0 aliphatic carbocycles. The molecule has 0 aliphatic rings. The van der Waals surface area contributed by atoms with Crippen LogP contribution in [0.4, 0.5) is 11.6 Å². The second-order valence-electron chi connectivity index (χ2n) is 6.15. The largest absolute Gasteiger partial charge is 0.452 e. The molecule has 0 unspecified atom stereocenters. The maximum absolute atomic E-state index is 12.8. The Balaban J connectivity index is 1.71. The number of fused-ring (bicyclic) bond motifs is 1. The van der Waals surface area contributed by atoms with E-state index in [1.807, 2.05) is 30.3 Å². The molecule has 2 heterocycles. The van der Waals surface area contributed by atoms with Crippen molar-refractivity contribution in [3.05, 3.63) is 89.0 Å². The number of sulfonamides is 1. The van der Waals surface area contributed by atoms with Gasteiger partial charge in [0.05, 0.1) is 10.4 Å². The molecule has 7 nitrogen and oxygen atoms in total. The highest BCUT2D eigenvalue weighted by atomic mass is 35.5. The fourth-order valence-electron chi connectivity index (χ4n) is 2.68. The van der Waals surface area contributed by atoms with Gasteiger partial charge in [-0.2, -0.15) is 0 Å². The number of nitrogens with one attached hydrogen (secondary N) is 2. The van der Waals surface area contributed by atoms with Gasteiger partial charge < -0.3 is 10.3 Å². The van der Waals surface area contributed by atoms with E-state index in [9.17, 15) is 8.42 Å². The first-order valence-electron chi connectivity index (χ1n) is 8.69. The van der Waals surface area contributed by atoms with Gasteiger partial charge in [-0.3, -0.25) is 4.72 Å². The van der Waals surface area contributed by atoms with E-state index in [4.69, 9.17) is 11.6 Å². The number of pyridine rings is 1. The first kappa shape index (κ1) is 19.1. The number of hydrogen-bond acceptors (Lipinski definition) is 4. The van der Waals surface area contributed by atoms with E-state index >= 15 is 0 Å². The first-order valence-corrected chi connectivity index (χ1v) is 10.6. The lowest BCUT2D eigenvalue weighted by atomic mass is 10.3. The summed E-state index contributed by atoms with van der Waals surface area (Å²) in [4.78, 5) is 12.0. The van der Waals surface area contributed by atoms with Crippen molar-refractivity contribution in [2.24, 2.45) is 0 Å². The second kappa shape index (κ2) is 8.02. The molecule has 0 saturated heterocycles. The topological polar surface area (TPSA) is 100 Å². The molecule has 0 saturated carbocycles. The molecule has 4 aromatic rings. The number of aromatic amines is 1. The van der Waals surface area contributed by atoms with Crippen LogP contribution in [-0.4, -0.2) is 18.4 Å². The lowest BCUT2D eigenvalue weighted by Crippen LogP contribution is -2.15. The highest BCUT2D eigenvalue weighted by Crippen LogP contribution is 2.30. The Labute approximate surface area is 172 Å². The minimum atomic E-state index is -3.91. The average molecular weight is 426 g/mol. The molecule has 0 spiro atoms. The molecular weight excluding hydrogens is 410 g/mol. The number of para-hydroxylation sites is 2. The minimum absolute atomic E-state index is 0.0299. The van der Waals surface area contributed by atoms with Crippen LogP contribution in [0, 0.1) is 0 Å². The van der Waals surface area contributed by atoms with E-state index in [-0.39, 0.29) is 16.5 Å². The third-order valence-corrected chi connectivity index (χ3v) is 5.63. The summed E-state index contributed by atoms with van der Waals surface area (Å²) in [5.74, 6) is 0.256. The lowest BCUT2D eigenvalue weighted by Gasteiger charge is -2.20. The van der Waals surface area contributed by atoms with Gasteiger partial charge in [0.15, 0.2) is 11.9 Å². The van der Waals surface area contributed by atoms with Gasteiger partial charge in [-0.05, 0) is 35.6 Å². The predicted octanol–water partition coefficient (Wildman–Crippen LogP) is 4.10. The molecular formula is C20H16ClN5O2S. The van der Waals surface area contributed by atoms with Gasteiger partial charge in [-0.1, -0.05) is 41.9 Å². The normalized spacial score (nSPS) is 11.3. The molecule has 146 valence electrons. The number of aromatic nitrogens is 3. The average Bonchev–Trinajstić information content (AvgIpc) is 2.73. The number of anilines is 1. The standard InChI is InChI=1S/C20H15ClN5O2S/c21-14-6-5-8-16(12-14)29(27,28)26-20-19(23-13-15-7-3-4-11-22-15)24-17-9-1-2-10-18(17)25-20/h1-12H,13H2,(H-,23,24,25,26)/q-1/p+1. The van der Waals surface area contributed by atoms with E-state index in [1.165, 1.54) is 12.1 Å². The number of H-pyrrole nitrogens is 1. The zero-order valence-corrected chi connectivity index (χ0v) is 16.7. The van der Waals surface area contributed by atoms with Gasteiger partial charge in [-0.25, -0.2) is 18.4 Å². The number of benzene rings is 2. The van der Waals surface area contributed by atoms with Crippen LogP contribution < -0.4 is 9.71 Å². The van der Waals surface area contributed by atoms with Crippen molar-refractivity contribution >= 4 is 44.3 Å². The van der Waals surface area contributed by atoms with Crippen LogP contribution in [0.2, 0.25) is 5.02 Å². The number of nitrogens with zero attached hydrogens (tertiary/aromatic N) is 3. The number of halogens is 1. The molecule has 4 rings (SSSR count). The van der Waals surface area contributed by atoms with Crippen LogP contribution >= 0.6 is 11.6 Å². The highest BCUT2D eigenvalue weighted by Gasteiger charge is 2.16. The maximum Gasteiger partial charge on any atom is 0.263 e. The monoisotopic (exact) mass is 425 g/mol. The van der Waals surface area contributed by atoms with Crippen LogP contribution in [0.5, 0.6) is 0 Å². The van der Waals surface area contributed by atoms with Crippen molar-refractivity contribution in [3.8, 4) is 0 Å². The van der Waals surface area contributed by atoms with Crippen LogP contribution in [-0.2, 0) is 16.6 Å². The van der Waals surface area contributed by atoms with Crippen molar-refractivity contribution in [1.29, 1.82) is 0 Å². The summed E-state index contributed by atoms with van der Waals surface area (Å²) in [7, 11) is -3.91. The minimum Gasteiger partial charge on any atom is -0.452 e. The Morgan fingerprint density at radius 2 is 1.72 bits per heavy atom. The van der Waals surface area contributed by atoms with Gasteiger partial charge in [-0.15, -0.1) is 0 Å². The Morgan fingerprint density at radius 3 is 2.45 bits per heavy atom. The zero-order chi connectivity index (χ0) is 20.3. The summed E-state index contributed by atoms with van der Waals surface area (Å²) in [6.45, 7) is 0.291. The molecule has 0 fully saturated rings. The Hall–Kier alpha value is -3.23. The number of hydrogen-bond donors (Lipinski definition) is 1. The van der Waals surface area contributed by atoms with Crippen molar-refractivity contribution < 1.29 is 13.4 Å². The molecule has 2 aromatic carbocycles. The Bertz CT molecular complexity index is 1270. The summed E-state index contributed by atoms with van der Waals surface area (Å²) in [6.07, 6.45) is 1.79. The van der Waals surface area contributed by atoms with Crippen molar-refractivity contribution in [2.45, 2.75) is 11.4 Å². The first-order chi connectivity index (χ1) is 14.0. The van der Waals surface area contributed by atoms with E-state index in [1.54, 1.807) is 30.5 Å². The Kier molecular flexibility index (Phi) is 5.28. The second-order valence-corrected chi connectivity index (χ2v) is 8.27. The van der Waals surface area contributed by atoms with E-state index < -0.39 is 10.0 Å². The van der Waals surface area contributed by atoms with Gasteiger partial charge in [0.25, 0.3) is 10.0 Å². The van der Waals surface area contributed by atoms with Gasteiger partial charge in [0, 0.05) is 23.7 Å². The van der Waals surface area contributed by atoms with Crippen molar-refractivity contribution in [2.75, 3.05) is 4.72 Å². The van der Waals surface area contributed by atoms with Crippen LogP contribution in [0.15, 0.2) is 77.8 Å². The summed E-state index contributed by atoms with van der Waals surface area (Å²) >= 11 is 5.94. The van der Waals surface area contributed by atoms with Crippen LogP contribution in [0.3, 0.4) is 0 Å². The molecule has 2 N–H and O–H groups in total. The Morgan fingerprint density at radius 1 is 0.966 bits per heavy atom. The number of rotatable bonds is 6. The molecule has 2 aromatic heterocycles. The highest BCUT2D eigenvalue weighted by molar-refractivity contribution is 7.92. The summed E-state index contributed by atoms with van der Waals surface area (Å²) in [5.41, 5.74) is 2.03. The van der Waals surface area contributed by atoms with Crippen LogP contribution in [0.1, 0.15) is 5.69 Å². The predicted molar refractivity (Wildman–Crippen MR) is 112 cm³/mol. The maximum atomic E-state index is 12.8. The molecule has 0 radical (unpaired) electrons. The molecule has 0 amide bonds. The van der Waals surface area contributed by atoms with E-state index in [0.29, 0.717) is 22.6 Å². The van der Waals surface area contributed by atoms with Crippen molar-refractivity contribution in [1.82, 2.24) is 9.97 Å². The third-order valence-electron chi connectivity index (χ3n) is 4.06. The molecule has 9 heteroatoms. The van der Waals surface area contributed by atoms with E-state index in [0.717, 1.165) is 5.69 Å². The van der Waals surface area contributed by atoms with Crippen LogP contribution in [0.25, 0.3) is 16.4 Å². The summed E-state index contributed by atoms with van der Waals surface area (Å²) < 4.78 is 28.2. The SMILES string of the molecule is O=S(=O)(Nc1nc2ccccc2nc1[N-]Cc1cccc[nH+]1)c1cccc(Cl)c1. The fourth-order valence-corrected chi connectivity index (χ4v) is 3.98. The zero-order valence-electron chi connectivity index (χ0n) is 15.1. The van der Waals surface area contributed by atoms with E-state index in [2.05, 4.69) is 25.0 Å². The fraction of sp³-hybridized carbons (Fsp3) is 0.0500. The third kappa shape index (κ3) is 4.44. The molecule has 0 bridgehead atoms. The van der Waals surface area contributed by atoms with Gasteiger partial charge in [0.1, 0.15) is 5.82 Å². The summed E-state index contributed by atoms with van der Waals surface area (Å²) in [5, 5.41) is 4.79. The quantitative estimate of drug-likeness (QED) is 0.502. The lowest BCUT2D eigenvalue weighted by molar-refractivity contribution is -0.389. The van der Waals surface area contributed by atoms with Gasteiger partial charge >= 0.3 is 0 Å².